The molecule has 1 atom stereocenters. The van der Waals surface area contributed by atoms with Crippen molar-refractivity contribution in [2.75, 3.05) is 7.05 Å². The quantitative estimate of drug-likeness (QED) is 0.847. The minimum Gasteiger partial charge on any atom is -0.316 e. The van der Waals surface area contributed by atoms with Crippen molar-refractivity contribution in [2.24, 2.45) is 0 Å². The van der Waals surface area contributed by atoms with Gasteiger partial charge in [-0.15, -0.1) is 0 Å². The number of nitrogens with one attached hydrogen (secondary N) is 1. The highest BCUT2D eigenvalue weighted by Gasteiger charge is 2.13. The van der Waals surface area contributed by atoms with E-state index in [9.17, 15) is 0 Å². The van der Waals surface area contributed by atoms with E-state index >= 15 is 0 Å². The molecular formula is C18H27N3. The molecule has 114 valence electrons. The average Bonchev–Trinajstić information content (AvgIpc) is 2.91. The van der Waals surface area contributed by atoms with Gasteiger partial charge in [0, 0.05) is 24.7 Å². The van der Waals surface area contributed by atoms with Gasteiger partial charge in [0.2, 0.25) is 0 Å². The second-order valence-electron chi connectivity index (χ2n) is 5.68. The molecule has 1 aromatic heterocycles. The molecule has 1 aromatic carbocycles. The van der Waals surface area contributed by atoms with Crippen molar-refractivity contribution >= 4 is 0 Å². The fourth-order valence-electron chi connectivity index (χ4n) is 2.66. The highest BCUT2D eigenvalue weighted by atomic mass is 15.3. The Morgan fingerprint density at radius 3 is 2.43 bits per heavy atom. The first-order chi connectivity index (χ1) is 10.2. The summed E-state index contributed by atoms with van der Waals surface area (Å²) in [6, 6.07) is 11.5. The van der Waals surface area contributed by atoms with Gasteiger partial charge < -0.3 is 5.32 Å². The van der Waals surface area contributed by atoms with E-state index in [1.165, 1.54) is 22.5 Å². The number of benzene rings is 1. The minimum atomic E-state index is 0.444. The van der Waals surface area contributed by atoms with Crippen molar-refractivity contribution < 1.29 is 0 Å². The fourth-order valence-corrected chi connectivity index (χ4v) is 2.66. The average molecular weight is 285 g/mol. The van der Waals surface area contributed by atoms with E-state index in [1.54, 1.807) is 0 Å². The number of aromatic nitrogens is 2. The summed E-state index contributed by atoms with van der Waals surface area (Å²) in [5, 5.41) is 8.09. The third kappa shape index (κ3) is 4.18. The zero-order chi connectivity index (χ0) is 15.2. The van der Waals surface area contributed by atoms with E-state index in [-0.39, 0.29) is 0 Å². The lowest BCUT2D eigenvalue weighted by molar-refractivity contribution is 0.519. The number of aryl methyl sites for hydroxylation is 3. The van der Waals surface area contributed by atoms with Crippen LogP contribution in [0.1, 0.15) is 36.4 Å². The zero-order valence-corrected chi connectivity index (χ0v) is 13.7. The van der Waals surface area contributed by atoms with Gasteiger partial charge in [0.1, 0.15) is 0 Å². The molecule has 2 aromatic rings. The molecule has 0 aliphatic heterocycles. The summed E-state index contributed by atoms with van der Waals surface area (Å²) in [6.45, 7) is 7.39. The maximum atomic E-state index is 4.64. The SMILES string of the molecule is CCc1cc(CC(Cc2ccc(C)cc2)NC)n(CC)n1. The maximum absolute atomic E-state index is 4.64. The normalized spacial score (nSPS) is 12.6. The van der Waals surface area contributed by atoms with Gasteiger partial charge in [-0.2, -0.15) is 5.10 Å². The highest BCUT2D eigenvalue weighted by Crippen LogP contribution is 2.12. The van der Waals surface area contributed by atoms with Gasteiger partial charge in [-0.25, -0.2) is 0 Å². The molecule has 1 unspecified atom stereocenters. The Labute approximate surface area is 128 Å². The van der Waals surface area contributed by atoms with Crippen LogP contribution in [0.5, 0.6) is 0 Å². The summed E-state index contributed by atoms with van der Waals surface area (Å²) in [5.41, 5.74) is 5.23. The number of likely N-dealkylation sites (N-methyl/N-ethyl adjacent to an activating group) is 1. The number of nitrogens with zero attached hydrogens (tertiary/aromatic N) is 2. The predicted molar refractivity (Wildman–Crippen MR) is 88.7 cm³/mol. The molecule has 0 amide bonds. The summed E-state index contributed by atoms with van der Waals surface area (Å²) < 4.78 is 2.14. The van der Waals surface area contributed by atoms with Gasteiger partial charge in [-0.05, 0) is 45.4 Å². The van der Waals surface area contributed by atoms with Crippen molar-refractivity contribution in [2.45, 2.75) is 52.6 Å². The first-order valence-electron chi connectivity index (χ1n) is 7.94. The lowest BCUT2D eigenvalue weighted by atomic mass is 10.0. The predicted octanol–water partition coefficient (Wildman–Crippen LogP) is 3.15. The second-order valence-corrected chi connectivity index (χ2v) is 5.68. The number of hydrogen-bond acceptors (Lipinski definition) is 2. The van der Waals surface area contributed by atoms with Crippen LogP contribution in [0.3, 0.4) is 0 Å². The Kier molecular flexibility index (Phi) is 5.57. The first-order valence-corrected chi connectivity index (χ1v) is 7.94. The molecule has 3 nitrogen and oxygen atoms in total. The fraction of sp³-hybridized carbons (Fsp3) is 0.500. The molecule has 0 aliphatic carbocycles. The molecule has 1 N–H and O–H groups in total. The van der Waals surface area contributed by atoms with Gasteiger partial charge in [0.05, 0.1) is 5.69 Å². The smallest absolute Gasteiger partial charge is 0.0624 e. The molecule has 21 heavy (non-hydrogen) atoms. The first kappa shape index (κ1) is 15.8. The molecule has 0 bridgehead atoms. The Bertz CT molecular complexity index is 554. The Morgan fingerprint density at radius 1 is 1.14 bits per heavy atom. The van der Waals surface area contributed by atoms with Crippen LogP contribution in [-0.2, 0) is 25.8 Å². The van der Waals surface area contributed by atoms with Crippen LogP contribution < -0.4 is 5.32 Å². The van der Waals surface area contributed by atoms with Crippen molar-refractivity contribution in [3.8, 4) is 0 Å². The van der Waals surface area contributed by atoms with Crippen molar-refractivity contribution in [3.05, 3.63) is 52.8 Å². The van der Waals surface area contributed by atoms with Gasteiger partial charge in [-0.3, -0.25) is 4.68 Å². The molecule has 3 heteroatoms. The van der Waals surface area contributed by atoms with Crippen LogP contribution >= 0.6 is 0 Å². The molecule has 0 fully saturated rings. The van der Waals surface area contributed by atoms with E-state index < -0.39 is 0 Å². The van der Waals surface area contributed by atoms with Crippen LogP contribution in [0, 0.1) is 6.92 Å². The summed E-state index contributed by atoms with van der Waals surface area (Å²) >= 11 is 0. The van der Waals surface area contributed by atoms with Crippen LogP contribution in [0.2, 0.25) is 0 Å². The van der Waals surface area contributed by atoms with Crippen LogP contribution in [0.15, 0.2) is 30.3 Å². The molecule has 0 saturated carbocycles. The number of hydrogen-bond donors (Lipinski definition) is 1. The van der Waals surface area contributed by atoms with E-state index in [1.807, 2.05) is 7.05 Å². The molecule has 0 saturated heterocycles. The van der Waals surface area contributed by atoms with Crippen LogP contribution in [0.4, 0.5) is 0 Å². The summed E-state index contributed by atoms with van der Waals surface area (Å²) in [7, 11) is 2.05. The maximum Gasteiger partial charge on any atom is 0.0624 e. The molecule has 1 heterocycles. The Morgan fingerprint density at radius 2 is 1.86 bits per heavy atom. The van der Waals surface area contributed by atoms with Gasteiger partial charge in [0.25, 0.3) is 0 Å². The minimum absolute atomic E-state index is 0.444. The molecule has 2 rings (SSSR count). The standard InChI is InChI=1S/C18H27N3/c1-5-16-12-18(21(6-2)20-16)13-17(19-4)11-15-9-7-14(3)8-10-15/h7-10,12,17,19H,5-6,11,13H2,1-4H3. The van der Waals surface area contributed by atoms with E-state index in [0.717, 1.165) is 25.8 Å². The Balaban J connectivity index is 2.08. The lowest BCUT2D eigenvalue weighted by Crippen LogP contribution is -2.30. The van der Waals surface area contributed by atoms with Crippen molar-refractivity contribution in [1.29, 1.82) is 0 Å². The Hall–Kier alpha value is -1.61. The third-order valence-electron chi connectivity index (χ3n) is 4.04. The number of rotatable bonds is 7. The third-order valence-corrected chi connectivity index (χ3v) is 4.04. The van der Waals surface area contributed by atoms with Crippen molar-refractivity contribution in [3.63, 3.8) is 0 Å². The molecule has 0 aliphatic rings. The molecule has 0 radical (unpaired) electrons. The molecular weight excluding hydrogens is 258 g/mol. The highest BCUT2D eigenvalue weighted by molar-refractivity contribution is 5.22. The largest absolute Gasteiger partial charge is 0.316 e. The molecule has 0 spiro atoms. The summed E-state index contributed by atoms with van der Waals surface area (Å²) in [4.78, 5) is 0. The van der Waals surface area contributed by atoms with Gasteiger partial charge >= 0.3 is 0 Å². The van der Waals surface area contributed by atoms with Gasteiger partial charge in [-0.1, -0.05) is 36.8 Å². The van der Waals surface area contributed by atoms with Crippen molar-refractivity contribution in [1.82, 2.24) is 15.1 Å². The van der Waals surface area contributed by atoms with Gasteiger partial charge in [0.15, 0.2) is 0 Å². The van der Waals surface area contributed by atoms with E-state index in [2.05, 4.69) is 66.2 Å². The van der Waals surface area contributed by atoms with E-state index in [0.29, 0.717) is 6.04 Å². The summed E-state index contributed by atoms with van der Waals surface area (Å²) in [6.07, 6.45) is 3.07. The van der Waals surface area contributed by atoms with Crippen LogP contribution in [-0.4, -0.2) is 22.9 Å². The van der Waals surface area contributed by atoms with E-state index in [4.69, 9.17) is 0 Å². The topological polar surface area (TPSA) is 29.9 Å². The summed E-state index contributed by atoms with van der Waals surface area (Å²) in [5.74, 6) is 0. The lowest BCUT2D eigenvalue weighted by Gasteiger charge is -2.17. The zero-order valence-electron chi connectivity index (χ0n) is 13.7. The monoisotopic (exact) mass is 285 g/mol. The van der Waals surface area contributed by atoms with Crippen LogP contribution in [0.25, 0.3) is 0 Å². The second kappa shape index (κ2) is 7.41.